The third-order valence-corrected chi connectivity index (χ3v) is 10.4. The molecule has 19 nitrogen and oxygen atoms in total. The Kier molecular flexibility index (Phi) is 9.73. The van der Waals surface area contributed by atoms with E-state index in [1.807, 2.05) is 0 Å². The lowest BCUT2D eigenvalue weighted by Crippen LogP contribution is -2.11. The highest BCUT2D eigenvalue weighted by Gasteiger charge is 2.25. The Labute approximate surface area is 310 Å². The van der Waals surface area contributed by atoms with E-state index in [0.717, 1.165) is 30.3 Å². The number of nitrogens with zero attached hydrogens (tertiary/aromatic N) is 4. The number of carbonyl (C=O) groups is 1. The third kappa shape index (κ3) is 8.03. The number of carbonyl (C=O) groups excluding carboxylic acids is 1. The monoisotopic (exact) mass is 807 g/mol. The Morgan fingerprint density at radius 3 is 1.69 bits per heavy atom. The van der Waals surface area contributed by atoms with Gasteiger partial charge in [-0.1, -0.05) is 6.07 Å². The van der Waals surface area contributed by atoms with Gasteiger partial charge in [0.15, 0.2) is 5.75 Å². The first kappa shape index (κ1) is 38.2. The molecule has 282 valence electrons. The van der Waals surface area contributed by atoms with Gasteiger partial charge in [0, 0.05) is 28.4 Å². The van der Waals surface area contributed by atoms with Crippen LogP contribution in [0.25, 0.3) is 21.5 Å². The summed E-state index contributed by atoms with van der Waals surface area (Å²) < 4.78 is 99.2. The number of aromatic hydroxyl groups is 2. The zero-order valence-corrected chi connectivity index (χ0v) is 29.9. The van der Waals surface area contributed by atoms with Gasteiger partial charge in [-0.15, -0.1) is 10.2 Å². The second-order valence-corrected chi connectivity index (χ2v) is 15.8. The Bertz CT molecular complexity index is 2980. The first-order chi connectivity index (χ1) is 25.7. The normalized spacial score (nSPS) is 12.6. The number of phenols is 2. The summed E-state index contributed by atoms with van der Waals surface area (Å²) in [7, 11) is -14.4. The molecule has 0 aliphatic rings. The molecule has 0 aliphatic heterocycles. The highest BCUT2D eigenvalue weighted by Crippen LogP contribution is 2.45. The van der Waals surface area contributed by atoms with E-state index in [1.54, 1.807) is 0 Å². The molecular formula is C33H25N7O12S3. The summed E-state index contributed by atoms with van der Waals surface area (Å²) in [6.07, 6.45) is 0. The van der Waals surface area contributed by atoms with Crippen molar-refractivity contribution in [3.8, 4) is 11.5 Å². The van der Waals surface area contributed by atoms with Gasteiger partial charge in [-0.25, -0.2) is 0 Å². The average molecular weight is 808 g/mol. The third-order valence-electron chi connectivity index (χ3n) is 7.89. The maximum Gasteiger partial charge on any atom is 0.296 e. The number of phenolic OH excluding ortho intramolecular Hbond substituents is 2. The molecule has 10 N–H and O–H groups in total. The lowest BCUT2D eigenvalue weighted by atomic mass is 10.1. The highest BCUT2D eigenvalue weighted by atomic mass is 32.2. The molecule has 0 aromatic heterocycles. The number of anilines is 3. The highest BCUT2D eigenvalue weighted by molar-refractivity contribution is 7.86. The molecule has 0 aliphatic carbocycles. The van der Waals surface area contributed by atoms with E-state index in [1.165, 1.54) is 60.7 Å². The van der Waals surface area contributed by atoms with Gasteiger partial charge in [-0.2, -0.15) is 35.5 Å². The van der Waals surface area contributed by atoms with Crippen molar-refractivity contribution in [1.82, 2.24) is 0 Å². The van der Waals surface area contributed by atoms with Gasteiger partial charge in [0.25, 0.3) is 36.3 Å². The summed E-state index contributed by atoms with van der Waals surface area (Å²) >= 11 is 0. The molecule has 0 unspecified atom stereocenters. The molecule has 0 heterocycles. The van der Waals surface area contributed by atoms with Crippen LogP contribution in [0.1, 0.15) is 10.4 Å². The number of hydrogen-bond acceptors (Lipinski definition) is 15. The fourth-order valence-corrected chi connectivity index (χ4v) is 7.06. The van der Waals surface area contributed by atoms with Crippen LogP contribution in [0.4, 0.5) is 39.8 Å². The lowest BCUT2D eigenvalue weighted by molar-refractivity contribution is 0.102. The first-order valence-corrected chi connectivity index (χ1v) is 19.4. The summed E-state index contributed by atoms with van der Waals surface area (Å²) in [6, 6.07) is 18.9. The van der Waals surface area contributed by atoms with E-state index in [-0.39, 0.29) is 55.5 Å². The number of fused-ring (bicyclic) bond motifs is 2. The number of hydrogen-bond donors (Lipinski definition) is 8. The predicted octanol–water partition coefficient (Wildman–Crippen LogP) is 6.39. The molecule has 6 aromatic carbocycles. The molecule has 6 rings (SSSR count). The van der Waals surface area contributed by atoms with Crippen molar-refractivity contribution in [2.75, 3.05) is 16.8 Å². The largest absolute Gasteiger partial charge is 0.507 e. The molecule has 1 amide bonds. The van der Waals surface area contributed by atoms with Crippen LogP contribution >= 0.6 is 0 Å². The smallest absolute Gasteiger partial charge is 0.296 e. The van der Waals surface area contributed by atoms with Gasteiger partial charge >= 0.3 is 0 Å². The van der Waals surface area contributed by atoms with Crippen molar-refractivity contribution in [3.63, 3.8) is 0 Å². The maximum atomic E-state index is 12.9. The SMILES string of the molecule is Nc1ccc2cc(S(=O)(=O)O)cc(O)c2c1N=Nc1ccc(C(=O)Nc2ccc(N=Nc3c(S(=O)(=O)O)cc4cc(S(=O)(=O)O)cc(N)c4c3O)cc2)cc1. The second kappa shape index (κ2) is 14.0. The molecule has 6 aromatic rings. The van der Waals surface area contributed by atoms with Crippen LogP contribution in [0, 0.1) is 0 Å². The molecule has 0 fully saturated rings. The Morgan fingerprint density at radius 1 is 0.564 bits per heavy atom. The molecule has 0 radical (unpaired) electrons. The van der Waals surface area contributed by atoms with Crippen LogP contribution in [0.3, 0.4) is 0 Å². The van der Waals surface area contributed by atoms with Crippen molar-refractivity contribution in [2.24, 2.45) is 20.5 Å². The maximum absolute atomic E-state index is 12.9. The van der Waals surface area contributed by atoms with Crippen LogP contribution in [0.5, 0.6) is 11.5 Å². The molecule has 0 bridgehead atoms. The molecule has 0 atom stereocenters. The minimum absolute atomic E-state index is 0.0381. The minimum atomic E-state index is -5.06. The summed E-state index contributed by atoms with van der Waals surface area (Å²) in [5, 5.41) is 39.8. The van der Waals surface area contributed by atoms with Gasteiger partial charge in [0.2, 0.25) is 0 Å². The van der Waals surface area contributed by atoms with Crippen LogP contribution in [0.2, 0.25) is 0 Å². The average Bonchev–Trinajstić information content (AvgIpc) is 3.10. The molecule has 0 spiro atoms. The number of amides is 1. The summed E-state index contributed by atoms with van der Waals surface area (Å²) in [4.78, 5) is 10.8. The molecule has 55 heavy (non-hydrogen) atoms. The van der Waals surface area contributed by atoms with E-state index < -0.39 is 68.1 Å². The molecule has 22 heteroatoms. The van der Waals surface area contributed by atoms with Gasteiger partial charge in [0.1, 0.15) is 22.0 Å². The van der Waals surface area contributed by atoms with Gasteiger partial charge in [-0.3, -0.25) is 18.5 Å². The van der Waals surface area contributed by atoms with Gasteiger partial charge in [0.05, 0.1) is 32.2 Å². The zero-order chi connectivity index (χ0) is 40.0. The Morgan fingerprint density at radius 2 is 1.11 bits per heavy atom. The van der Waals surface area contributed by atoms with Crippen LogP contribution in [-0.4, -0.2) is 55.0 Å². The van der Waals surface area contributed by atoms with E-state index in [9.17, 15) is 53.9 Å². The quantitative estimate of drug-likeness (QED) is 0.0446. The second-order valence-electron chi connectivity index (χ2n) is 11.6. The molecule has 0 saturated carbocycles. The van der Waals surface area contributed by atoms with Crippen molar-refractivity contribution >= 4 is 97.6 Å². The van der Waals surface area contributed by atoms with Crippen molar-refractivity contribution in [3.05, 3.63) is 96.6 Å². The van der Waals surface area contributed by atoms with Gasteiger partial charge < -0.3 is 27.0 Å². The first-order valence-electron chi connectivity index (χ1n) is 15.1. The van der Waals surface area contributed by atoms with Crippen molar-refractivity contribution in [2.45, 2.75) is 14.7 Å². The fourth-order valence-electron chi connectivity index (χ4n) is 5.31. The van der Waals surface area contributed by atoms with Crippen LogP contribution < -0.4 is 16.8 Å². The number of nitrogens with two attached hydrogens (primary N) is 2. The van der Waals surface area contributed by atoms with E-state index >= 15 is 0 Å². The van der Waals surface area contributed by atoms with E-state index in [2.05, 4.69) is 25.8 Å². The lowest BCUT2D eigenvalue weighted by Gasteiger charge is -2.12. The van der Waals surface area contributed by atoms with Crippen LogP contribution in [-0.2, 0) is 30.4 Å². The number of nitrogens with one attached hydrogen (secondary N) is 1. The summed E-state index contributed by atoms with van der Waals surface area (Å²) in [5.74, 6) is -1.88. The fraction of sp³-hybridized carbons (Fsp3) is 0. The zero-order valence-electron chi connectivity index (χ0n) is 27.4. The number of benzene rings is 6. The van der Waals surface area contributed by atoms with Crippen LogP contribution in [0.15, 0.2) is 126 Å². The summed E-state index contributed by atoms with van der Waals surface area (Å²) in [6.45, 7) is 0. The number of rotatable bonds is 9. The van der Waals surface area contributed by atoms with E-state index in [0.29, 0.717) is 5.69 Å². The molecule has 0 saturated heterocycles. The van der Waals surface area contributed by atoms with E-state index in [4.69, 9.17) is 11.5 Å². The van der Waals surface area contributed by atoms with Gasteiger partial charge in [-0.05, 0) is 89.6 Å². The van der Waals surface area contributed by atoms with Crippen molar-refractivity contribution < 1.29 is 53.9 Å². The standard InChI is InChI=1S/C33H25N7O12S3/c34-24-10-3-17-11-23(54(47,48)49)15-26(41)29(17)30(24)39-37-20-4-1-16(2-5-20)33(43)36-19-6-8-21(9-7-19)38-40-31-27(55(50,51)52)13-18-12-22(53(44,45)46)14-25(35)28(18)32(31)42/h1-15,41-42H,34-35H2,(H,36,43)(H,44,45,46)(H,47,48,49)(H,50,51,52). The predicted molar refractivity (Wildman–Crippen MR) is 199 cm³/mol. The Hall–Kier alpha value is -6.56. The number of azo groups is 2. The minimum Gasteiger partial charge on any atom is -0.507 e. The Balaban J connectivity index is 1.18. The topological polar surface area (TPSA) is 334 Å². The van der Waals surface area contributed by atoms with Crippen molar-refractivity contribution in [1.29, 1.82) is 0 Å². The molecular weight excluding hydrogens is 783 g/mol. The number of nitrogen functional groups attached to an aromatic ring is 2. The summed E-state index contributed by atoms with van der Waals surface area (Å²) in [5.41, 5.74) is 11.9.